The highest BCUT2D eigenvalue weighted by Crippen LogP contribution is 2.53. The maximum Gasteiger partial charge on any atom is 0.423 e. The van der Waals surface area contributed by atoms with Crippen molar-refractivity contribution in [3.63, 3.8) is 0 Å². The van der Waals surface area contributed by atoms with Crippen molar-refractivity contribution in [2.24, 2.45) is 0 Å². The summed E-state index contributed by atoms with van der Waals surface area (Å²) >= 11 is 0. The minimum Gasteiger partial charge on any atom is -0.465 e. The molecule has 1 atom stereocenters. The number of amides is 1. The summed E-state index contributed by atoms with van der Waals surface area (Å²) in [5.74, 6) is 0.0798. The smallest absolute Gasteiger partial charge is 0.423 e. The topological polar surface area (TPSA) is 138 Å². The van der Waals surface area contributed by atoms with Gasteiger partial charge in [0.2, 0.25) is 11.5 Å². The molecule has 0 unspecified atom stereocenters. The third-order valence-electron chi connectivity index (χ3n) is 8.69. The molecular formula is C29H26F3N7O4. The lowest BCUT2D eigenvalue weighted by Gasteiger charge is -2.33. The summed E-state index contributed by atoms with van der Waals surface area (Å²) in [5.41, 5.74) is -1.26. The molecule has 1 saturated carbocycles. The number of pyridine rings is 1. The average Bonchev–Trinajstić information content (AvgIpc) is 3.56. The van der Waals surface area contributed by atoms with Crippen LogP contribution in [0.15, 0.2) is 54.0 Å². The minimum absolute atomic E-state index is 0.00682. The van der Waals surface area contributed by atoms with E-state index in [1.807, 2.05) is 18.2 Å². The second-order valence-corrected chi connectivity index (χ2v) is 11.4. The van der Waals surface area contributed by atoms with Crippen molar-refractivity contribution in [1.82, 2.24) is 29.2 Å². The Hall–Kier alpha value is -4.72. The van der Waals surface area contributed by atoms with Crippen molar-refractivity contribution in [3.8, 4) is 5.82 Å². The second kappa shape index (κ2) is 9.14. The van der Waals surface area contributed by atoms with E-state index in [-0.39, 0.29) is 53.3 Å². The van der Waals surface area contributed by atoms with E-state index in [1.54, 1.807) is 0 Å². The van der Waals surface area contributed by atoms with Crippen LogP contribution in [0.2, 0.25) is 0 Å². The van der Waals surface area contributed by atoms with Gasteiger partial charge in [-0.1, -0.05) is 18.2 Å². The van der Waals surface area contributed by atoms with Crippen molar-refractivity contribution in [2.45, 2.75) is 56.0 Å². The number of halogens is 3. The Bertz CT molecular complexity index is 1900. The number of nitrogens with one attached hydrogen (secondary N) is 1. The average molecular weight is 594 g/mol. The Morgan fingerprint density at radius 1 is 1.14 bits per heavy atom. The molecule has 1 aromatic carbocycles. The summed E-state index contributed by atoms with van der Waals surface area (Å²) in [4.78, 5) is 39.5. The summed E-state index contributed by atoms with van der Waals surface area (Å²) in [5, 5.41) is 23.4. The van der Waals surface area contributed by atoms with Gasteiger partial charge < -0.3 is 20.4 Å². The molecule has 2 aliphatic carbocycles. The summed E-state index contributed by atoms with van der Waals surface area (Å²) in [6, 6.07) is 8.65. The largest absolute Gasteiger partial charge is 0.465 e. The van der Waals surface area contributed by atoms with Crippen LogP contribution in [0.5, 0.6) is 0 Å². The first-order valence-corrected chi connectivity index (χ1v) is 13.7. The number of anilines is 2. The zero-order valence-electron chi connectivity index (χ0n) is 22.7. The number of alkyl halides is 3. The molecule has 4 heterocycles. The van der Waals surface area contributed by atoms with Crippen LogP contribution in [0.25, 0.3) is 16.9 Å². The first kappa shape index (κ1) is 27.1. The zero-order chi connectivity index (χ0) is 30.3. The monoisotopic (exact) mass is 593 g/mol. The van der Waals surface area contributed by atoms with Crippen LogP contribution in [0.1, 0.15) is 41.6 Å². The number of allylic oxidation sites excluding steroid dienone is 1. The van der Waals surface area contributed by atoms with Crippen molar-refractivity contribution in [2.75, 3.05) is 11.9 Å². The summed E-state index contributed by atoms with van der Waals surface area (Å²) in [7, 11) is 0. The molecule has 0 bridgehead atoms. The number of aryl methyl sites for hydroxylation is 1. The van der Waals surface area contributed by atoms with E-state index in [9.17, 15) is 33.0 Å². The fourth-order valence-corrected chi connectivity index (χ4v) is 6.35. The third-order valence-corrected chi connectivity index (χ3v) is 8.69. The highest BCUT2D eigenvalue weighted by molar-refractivity contribution is 5.77. The number of aromatic nitrogens is 5. The zero-order valence-corrected chi connectivity index (χ0v) is 22.7. The SMILES string of the molecule is C=CCn1c(=O)c2cnc(Nc3ccc4c(c3)CN(C(=O)O)CC43CC3)nc2n1-c1ccc2c(n1)[C@](O)(C(F)(F)F)CC2. The summed E-state index contributed by atoms with van der Waals surface area (Å²) in [6.45, 7) is 4.41. The first-order valence-electron chi connectivity index (χ1n) is 13.7. The normalized spacial score (nSPS) is 20.2. The van der Waals surface area contributed by atoms with Gasteiger partial charge in [0.1, 0.15) is 5.39 Å². The number of benzene rings is 1. The second-order valence-electron chi connectivity index (χ2n) is 11.4. The van der Waals surface area contributed by atoms with Gasteiger partial charge >= 0.3 is 12.3 Å². The molecule has 1 spiro atoms. The van der Waals surface area contributed by atoms with E-state index >= 15 is 0 Å². The number of carbonyl (C=O) groups is 1. The molecule has 1 aliphatic heterocycles. The molecule has 14 heteroatoms. The van der Waals surface area contributed by atoms with Crippen LogP contribution in [0.3, 0.4) is 0 Å². The Balaban J connectivity index is 1.30. The number of aliphatic hydroxyl groups is 1. The molecule has 4 aromatic rings. The van der Waals surface area contributed by atoms with Crippen molar-refractivity contribution in [3.05, 3.63) is 81.9 Å². The van der Waals surface area contributed by atoms with Gasteiger partial charge in [-0.3, -0.25) is 4.79 Å². The number of rotatable bonds is 5. The Labute approximate surface area is 241 Å². The van der Waals surface area contributed by atoms with E-state index in [2.05, 4.69) is 26.8 Å². The highest BCUT2D eigenvalue weighted by atomic mass is 19.4. The van der Waals surface area contributed by atoms with Gasteiger partial charge in [0.25, 0.3) is 5.56 Å². The van der Waals surface area contributed by atoms with Crippen LogP contribution >= 0.6 is 0 Å². The summed E-state index contributed by atoms with van der Waals surface area (Å²) < 4.78 is 44.1. The molecule has 43 heavy (non-hydrogen) atoms. The molecule has 222 valence electrons. The van der Waals surface area contributed by atoms with Crippen LogP contribution in [-0.2, 0) is 30.5 Å². The predicted octanol–water partition coefficient (Wildman–Crippen LogP) is 4.13. The van der Waals surface area contributed by atoms with E-state index in [1.165, 1.54) is 38.7 Å². The number of nitrogens with zero attached hydrogens (tertiary/aromatic N) is 6. The van der Waals surface area contributed by atoms with Crippen molar-refractivity contribution in [1.29, 1.82) is 0 Å². The molecule has 3 aromatic heterocycles. The van der Waals surface area contributed by atoms with Gasteiger partial charge in [-0.2, -0.15) is 18.2 Å². The molecule has 0 radical (unpaired) electrons. The Morgan fingerprint density at radius 3 is 2.63 bits per heavy atom. The number of hydrogen-bond acceptors (Lipinski definition) is 7. The molecule has 0 saturated heterocycles. The van der Waals surface area contributed by atoms with Gasteiger partial charge in [-0.15, -0.1) is 6.58 Å². The molecule has 1 fully saturated rings. The van der Waals surface area contributed by atoms with E-state index in [4.69, 9.17) is 0 Å². The molecule has 3 N–H and O–H groups in total. The Morgan fingerprint density at radius 2 is 1.93 bits per heavy atom. The maximum atomic E-state index is 13.9. The van der Waals surface area contributed by atoms with E-state index in [0.717, 1.165) is 24.0 Å². The fourth-order valence-electron chi connectivity index (χ4n) is 6.35. The van der Waals surface area contributed by atoms with Gasteiger partial charge in [-0.05, 0) is 60.6 Å². The lowest BCUT2D eigenvalue weighted by atomic mass is 9.87. The standard InChI is InChI=1S/C29H26F3N7O4/c1-2-11-38-24(40)19-13-33-25(34-18-4-5-20-17(12-18)14-37(26(41)42)15-27(20)9-10-27)36-23(19)39(38)21-6-3-16-7-8-28(43,22(16)35-21)29(30,31)32/h2-6,12-13,43H,1,7-11,14-15H2,(H,41,42)(H,33,34,36)/t28-/m0/s1. The Kier molecular flexibility index (Phi) is 5.77. The number of fused-ring (bicyclic) bond motifs is 4. The van der Waals surface area contributed by atoms with Crippen LogP contribution in [0.4, 0.5) is 29.6 Å². The van der Waals surface area contributed by atoms with Crippen LogP contribution in [0, 0.1) is 0 Å². The number of hydrogen-bond donors (Lipinski definition) is 3. The highest BCUT2D eigenvalue weighted by Gasteiger charge is 2.59. The van der Waals surface area contributed by atoms with E-state index < -0.39 is 35.5 Å². The van der Waals surface area contributed by atoms with Crippen LogP contribution in [-0.4, -0.2) is 58.2 Å². The molecule has 7 rings (SSSR count). The molecule has 3 aliphatic rings. The lowest BCUT2D eigenvalue weighted by molar-refractivity contribution is -0.266. The first-order chi connectivity index (χ1) is 20.4. The summed E-state index contributed by atoms with van der Waals surface area (Å²) in [6.07, 6.45) is -1.81. The van der Waals surface area contributed by atoms with Crippen molar-refractivity contribution < 1.29 is 28.2 Å². The van der Waals surface area contributed by atoms with Gasteiger partial charge in [0.05, 0.1) is 12.2 Å². The lowest BCUT2D eigenvalue weighted by Crippen LogP contribution is -2.41. The minimum atomic E-state index is -4.93. The maximum absolute atomic E-state index is 13.9. The quantitative estimate of drug-likeness (QED) is 0.294. The van der Waals surface area contributed by atoms with Crippen molar-refractivity contribution >= 4 is 28.8 Å². The predicted molar refractivity (Wildman–Crippen MR) is 148 cm³/mol. The molecule has 1 amide bonds. The van der Waals surface area contributed by atoms with Gasteiger partial charge in [0.15, 0.2) is 11.5 Å². The number of carboxylic acid groups (broad SMARTS) is 1. The van der Waals surface area contributed by atoms with Crippen LogP contribution < -0.4 is 10.9 Å². The third kappa shape index (κ3) is 4.11. The van der Waals surface area contributed by atoms with Gasteiger partial charge in [-0.25, -0.2) is 24.1 Å². The molecule has 11 nitrogen and oxygen atoms in total. The fraction of sp³-hybridized carbons (Fsp3) is 0.345. The van der Waals surface area contributed by atoms with Gasteiger partial charge in [0, 0.05) is 30.4 Å². The molecular weight excluding hydrogens is 567 g/mol. The van der Waals surface area contributed by atoms with E-state index in [0.29, 0.717) is 12.2 Å².